The maximum Gasteiger partial charge on any atom is 0.342 e. The number of phenolic OH excluding ortho intramolecular Hbond substituents is 1. The number of aryl methyl sites for hydroxylation is 1. The lowest BCUT2D eigenvalue weighted by molar-refractivity contribution is -0.123. The third-order valence-corrected chi connectivity index (χ3v) is 3.36. The van der Waals surface area contributed by atoms with E-state index < -0.39 is 24.4 Å². The summed E-state index contributed by atoms with van der Waals surface area (Å²) >= 11 is 3.11. The van der Waals surface area contributed by atoms with E-state index in [0.717, 1.165) is 5.56 Å². The highest BCUT2D eigenvalue weighted by molar-refractivity contribution is 9.10. The summed E-state index contributed by atoms with van der Waals surface area (Å²) in [7, 11) is 0. The van der Waals surface area contributed by atoms with Gasteiger partial charge in [-0.15, -0.1) is 0 Å². The molecule has 2 rings (SSSR count). The first kappa shape index (κ1) is 16.8. The zero-order chi connectivity index (χ0) is 17.0. The van der Waals surface area contributed by atoms with E-state index in [9.17, 15) is 19.5 Å². The summed E-state index contributed by atoms with van der Waals surface area (Å²) in [6.07, 6.45) is 1.29. The van der Waals surface area contributed by atoms with Crippen molar-refractivity contribution in [3.8, 4) is 5.75 Å². The van der Waals surface area contributed by atoms with Gasteiger partial charge in [0.25, 0.3) is 11.8 Å². The van der Waals surface area contributed by atoms with E-state index in [2.05, 4.69) is 15.9 Å². The summed E-state index contributed by atoms with van der Waals surface area (Å²) in [5.41, 5.74) is 0.640. The van der Waals surface area contributed by atoms with Gasteiger partial charge in [-0.2, -0.15) is 0 Å². The highest BCUT2D eigenvalue weighted by Gasteiger charge is 2.18. The molecule has 1 aromatic heterocycles. The van der Waals surface area contributed by atoms with Crippen molar-refractivity contribution in [2.75, 3.05) is 6.61 Å². The lowest BCUT2D eigenvalue weighted by Crippen LogP contribution is -2.34. The number of furan rings is 1. The minimum absolute atomic E-state index is 0.0371. The molecule has 0 saturated carbocycles. The van der Waals surface area contributed by atoms with Crippen LogP contribution in [0.5, 0.6) is 5.75 Å². The zero-order valence-corrected chi connectivity index (χ0v) is 13.5. The first-order valence-electron chi connectivity index (χ1n) is 6.42. The van der Waals surface area contributed by atoms with E-state index in [4.69, 9.17) is 9.15 Å². The Morgan fingerprint density at radius 2 is 2.09 bits per heavy atom. The number of nitrogens with one attached hydrogen (secondary N) is 1. The molecule has 0 aliphatic carbocycles. The van der Waals surface area contributed by atoms with Crippen molar-refractivity contribution in [3.63, 3.8) is 0 Å². The van der Waals surface area contributed by atoms with E-state index in [1.807, 2.05) is 5.32 Å². The fourth-order valence-electron chi connectivity index (χ4n) is 1.73. The molecule has 1 aromatic carbocycles. The third kappa shape index (κ3) is 4.19. The molecule has 0 radical (unpaired) electrons. The summed E-state index contributed by atoms with van der Waals surface area (Å²) in [6.45, 7) is 1.06. The van der Waals surface area contributed by atoms with Gasteiger partial charge >= 0.3 is 5.97 Å². The summed E-state index contributed by atoms with van der Waals surface area (Å²) in [5.74, 6) is -2.76. The van der Waals surface area contributed by atoms with Crippen molar-refractivity contribution in [2.45, 2.75) is 6.92 Å². The lowest BCUT2D eigenvalue weighted by Gasteiger charge is -2.08. The van der Waals surface area contributed by atoms with Crippen molar-refractivity contribution in [3.05, 3.63) is 51.9 Å². The van der Waals surface area contributed by atoms with Crippen LogP contribution in [-0.4, -0.2) is 29.5 Å². The topological polar surface area (TPSA) is 106 Å². The van der Waals surface area contributed by atoms with Crippen LogP contribution >= 0.6 is 15.9 Å². The quantitative estimate of drug-likeness (QED) is 0.786. The molecule has 0 atom stereocenters. The Balaban J connectivity index is 1.94. The highest BCUT2D eigenvalue weighted by atomic mass is 79.9. The van der Waals surface area contributed by atoms with Gasteiger partial charge in [-0.25, -0.2) is 4.79 Å². The number of aromatic hydroxyl groups is 1. The number of carbonyl (C=O) groups excluding carboxylic acids is 3. The number of ether oxygens (including phenoxy) is 1. The molecule has 0 fully saturated rings. The van der Waals surface area contributed by atoms with Crippen LogP contribution in [-0.2, 0) is 9.53 Å². The molecule has 0 unspecified atom stereocenters. The molecule has 0 saturated heterocycles. The molecule has 0 bridgehead atoms. The van der Waals surface area contributed by atoms with E-state index in [-0.39, 0.29) is 17.1 Å². The number of amides is 2. The maximum absolute atomic E-state index is 11.9. The van der Waals surface area contributed by atoms with Gasteiger partial charge in [-0.1, -0.05) is 0 Å². The van der Waals surface area contributed by atoms with Crippen LogP contribution in [0.4, 0.5) is 0 Å². The Morgan fingerprint density at radius 1 is 1.35 bits per heavy atom. The van der Waals surface area contributed by atoms with Gasteiger partial charge in [0.15, 0.2) is 12.4 Å². The van der Waals surface area contributed by atoms with Crippen LogP contribution < -0.4 is 5.32 Å². The zero-order valence-electron chi connectivity index (χ0n) is 12.0. The van der Waals surface area contributed by atoms with E-state index >= 15 is 0 Å². The number of phenols is 1. The summed E-state index contributed by atoms with van der Waals surface area (Å²) in [5, 5.41) is 11.8. The lowest BCUT2D eigenvalue weighted by atomic mass is 10.1. The van der Waals surface area contributed by atoms with E-state index in [0.29, 0.717) is 4.47 Å². The molecule has 0 spiro atoms. The van der Waals surface area contributed by atoms with E-state index in [1.165, 1.54) is 24.5 Å². The number of carbonyl (C=O) groups is 3. The Kier molecular flexibility index (Phi) is 5.17. The van der Waals surface area contributed by atoms with Crippen LogP contribution in [0.1, 0.15) is 26.5 Å². The summed E-state index contributed by atoms with van der Waals surface area (Å²) < 4.78 is 9.94. The summed E-state index contributed by atoms with van der Waals surface area (Å²) in [6, 6.07) is 5.93. The molecule has 120 valence electrons. The molecule has 8 heteroatoms. The third-order valence-electron chi connectivity index (χ3n) is 2.76. The van der Waals surface area contributed by atoms with Crippen molar-refractivity contribution in [1.82, 2.24) is 5.32 Å². The first-order chi connectivity index (χ1) is 10.9. The van der Waals surface area contributed by atoms with Gasteiger partial charge in [0, 0.05) is 0 Å². The van der Waals surface area contributed by atoms with Crippen molar-refractivity contribution >= 4 is 33.7 Å². The van der Waals surface area contributed by atoms with Crippen LogP contribution in [0.3, 0.4) is 0 Å². The Hall–Kier alpha value is -2.61. The van der Waals surface area contributed by atoms with Crippen molar-refractivity contribution in [1.29, 1.82) is 0 Å². The standard InChI is InChI=1S/C15H12BrNO6/c1-8-5-9(13(19)10(16)6-8)15(21)23-7-12(18)17-14(20)11-3-2-4-22-11/h2-6,19H,7H2,1H3,(H,17,18,20). The number of benzene rings is 1. The second-order valence-corrected chi connectivity index (χ2v) is 5.43. The van der Waals surface area contributed by atoms with Gasteiger partial charge in [0.1, 0.15) is 11.3 Å². The molecule has 2 N–H and O–H groups in total. The smallest absolute Gasteiger partial charge is 0.342 e. The van der Waals surface area contributed by atoms with Gasteiger partial charge in [0.05, 0.1) is 10.7 Å². The fourth-order valence-corrected chi connectivity index (χ4v) is 2.31. The Bertz CT molecular complexity index is 754. The maximum atomic E-state index is 11.9. The number of imide groups is 1. The monoisotopic (exact) mass is 381 g/mol. The van der Waals surface area contributed by atoms with Crippen LogP contribution in [0.15, 0.2) is 39.4 Å². The molecular weight excluding hydrogens is 370 g/mol. The van der Waals surface area contributed by atoms with Gasteiger partial charge < -0.3 is 14.3 Å². The molecule has 0 aliphatic heterocycles. The predicted octanol–water partition coefficient (Wildman–Crippen LogP) is 2.17. The van der Waals surface area contributed by atoms with Gasteiger partial charge in [0.2, 0.25) is 0 Å². The minimum atomic E-state index is -0.882. The molecule has 0 aliphatic rings. The molecule has 23 heavy (non-hydrogen) atoms. The highest BCUT2D eigenvalue weighted by Crippen LogP contribution is 2.29. The predicted molar refractivity (Wildman–Crippen MR) is 82.0 cm³/mol. The van der Waals surface area contributed by atoms with Crippen LogP contribution in [0, 0.1) is 6.92 Å². The number of esters is 1. The van der Waals surface area contributed by atoms with Gasteiger partial charge in [-0.3, -0.25) is 14.9 Å². The number of rotatable bonds is 4. The van der Waals surface area contributed by atoms with Gasteiger partial charge in [-0.05, 0) is 52.7 Å². The SMILES string of the molecule is Cc1cc(Br)c(O)c(C(=O)OCC(=O)NC(=O)c2ccco2)c1. The molecule has 2 amide bonds. The normalized spacial score (nSPS) is 10.2. The van der Waals surface area contributed by atoms with Crippen molar-refractivity contribution in [2.24, 2.45) is 0 Å². The number of hydrogen-bond acceptors (Lipinski definition) is 6. The number of hydrogen-bond donors (Lipinski definition) is 2. The van der Waals surface area contributed by atoms with Crippen LogP contribution in [0.25, 0.3) is 0 Å². The second-order valence-electron chi connectivity index (χ2n) is 4.57. The fraction of sp³-hybridized carbons (Fsp3) is 0.133. The Labute approximate surface area is 139 Å². The first-order valence-corrected chi connectivity index (χ1v) is 7.21. The van der Waals surface area contributed by atoms with E-state index in [1.54, 1.807) is 13.0 Å². The van der Waals surface area contributed by atoms with Crippen LogP contribution in [0.2, 0.25) is 0 Å². The minimum Gasteiger partial charge on any atom is -0.506 e. The molecular formula is C15H12BrNO6. The largest absolute Gasteiger partial charge is 0.506 e. The average Bonchev–Trinajstić information content (AvgIpc) is 3.02. The molecule has 1 heterocycles. The summed E-state index contributed by atoms with van der Waals surface area (Å²) in [4.78, 5) is 35.0. The average molecular weight is 382 g/mol. The molecule has 2 aromatic rings. The Morgan fingerprint density at radius 3 is 2.74 bits per heavy atom. The second kappa shape index (κ2) is 7.10. The number of halogens is 1. The molecule has 7 nitrogen and oxygen atoms in total. The van der Waals surface area contributed by atoms with Crippen molar-refractivity contribution < 1.29 is 28.6 Å².